The zero-order chi connectivity index (χ0) is 30.9. The minimum absolute atomic E-state index is 0.0486. The van der Waals surface area contributed by atoms with E-state index in [1.54, 1.807) is 29.9 Å². The number of rotatable bonds is 10. The number of methoxy groups -OCH3 is 1. The average Bonchev–Trinajstić information content (AvgIpc) is 3.87. The summed E-state index contributed by atoms with van der Waals surface area (Å²) in [7, 11) is -0.0735. The van der Waals surface area contributed by atoms with Gasteiger partial charge in [-0.05, 0) is 93.2 Å². The van der Waals surface area contributed by atoms with Crippen LogP contribution in [0.15, 0.2) is 53.9 Å². The van der Waals surface area contributed by atoms with E-state index >= 15 is 0 Å². The normalized spacial score (nSPS) is 18.6. The van der Waals surface area contributed by atoms with Gasteiger partial charge >= 0.3 is 0 Å². The van der Waals surface area contributed by atoms with Gasteiger partial charge in [0, 0.05) is 76.5 Å². The first-order valence-electron chi connectivity index (χ1n) is 15.8. The fraction of sp³-hybridized carbons (Fsp3) is 0.545. The van der Waals surface area contributed by atoms with E-state index < -0.39 is 10.0 Å². The zero-order valence-corrected chi connectivity index (χ0v) is 27.3. The van der Waals surface area contributed by atoms with Crippen LogP contribution in [0, 0.1) is 19.3 Å². The molecule has 44 heavy (non-hydrogen) atoms. The Kier molecular flexibility index (Phi) is 8.70. The number of benzene rings is 1. The van der Waals surface area contributed by atoms with Crippen LogP contribution in [-0.4, -0.2) is 87.1 Å². The lowest BCUT2D eigenvalue weighted by atomic mass is 9.71. The summed E-state index contributed by atoms with van der Waals surface area (Å²) in [6.45, 7) is 8.79. The van der Waals surface area contributed by atoms with Crippen molar-refractivity contribution in [1.29, 1.82) is 0 Å². The Morgan fingerprint density at radius 3 is 2.11 bits per heavy atom. The van der Waals surface area contributed by atoms with Gasteiger partial charge in [-0.3, -0.25) is 4.98 Å². The minimum atomic E-state index is -3.66. The molecular weight excluding hydrogens is 574 g/mol. The van der Waals surface area contributed by atoms with Crippen LogP contribution in [0.1, 0.15) is 49.7 Å². The topological polar surface area (TPSA) is 95.0 Å². The lowest BCUT2D eigenvalue weighted by Crippen LogP contribution is -2.47. The number of piperidine rings is 2. The molecule has 0 unspecified atom stereocenters. The zero-order valence-electron chi connectivity index (χ0n) is 26.4. The molecule has 0 radical (unpaired) electrons. The minimum Gasteiger partial charge on any atom is -0.497 e. The molecule has 1 spiro atoms. The van der Waals surface area contributed by atoms with E-state index in [0.717, 1.165) is 50.7 Å². The fourth-order valence-electron chi connectivity index (χ4n) is 7.00. The number of ether oxygens (including phenoxy) is 1. The smallest absolute Gasteiger partial charge is 0.243 e. The maximum atomic E-state index is 13.9. The molecule has 2 aromatic heterocycles. The van der Waals surface area contributed by atoms with Gasteiger partial charge in [0.1, 0.15) is 23.7 Å². The molecule has 2 aliphatic heterocycles. The standard InChI is InChI=1S/C33H45N7O3S/c1-25-21-29(43-4)22-26(2)32(25)44(41,42)40(28-5-6-28)20-19-37(3)30-23-31(36-24-35-30)39-17-11-33(12-18-39)9-15-38(16-10-33)27-7-13-34-14-8-27/h7-8,13-14,21-24,28H,5-6,9-12,15-20H2,1-4H3. The van der Waals surface area contributed by atoms with E-state index in [-0.39, 0.29) is 6.04 Å². The largest absolute Gasteiger partial charge is 0.497 e. The van der Waals surface area contributed by atoms with Crippen LogP contribution in [0.5, 0.6) is 5.75 Å². The van der Waals surface area contributed by atoms with Crippen molar-refractivity contribution < 1.29 is 13.2 Å². The number of nitrogens with zero attached hydrogens (tertiary/aromatic N) is 7. The number of aryl methyl sites for hydroxylation is 2. The molecule has 1 aliphatic carbocycles. The highest BCUT2D eigenvalue weighted by atomic mass is 32.2. The second kappa shape index (κ2) is 12.5. The van der Waals surface area contributed by atoms with Crippen LogP contribution in [-0.2, 0) is 10.0 Å². The first-order chi connectivity index (χ1) is 21.2. The summed E-state index contributed by atoms with van der Waals surface area (Å²) in [6, 6.07) is 9.91. The van der Waals surface area contributed by atoms with Crippen LogP contribution in [0.4, 0.5) is 17.3 Å². The Hall–Kier alpha value is -3.44. The van der Waals surface area contributed by atoms with Crippen LogP contribution < -0.4 is 19.4 Å². The molecule has 236 valence electrons. The van der Waals surface area contributed by atoms with Gasteiger partial charge in [0.05, 0.1) is 12.0 Å². The molecule has 1 aromatic carbocycles. The Morgan fingerprint density at radius 1 is 0.909 bits per heavy atom. The number of pyridine rings is 1. The molecule has 0 amide bonds. The molecule has 6 rings (SSSR count). The fourth-order valence-corrected chi connectivity index (χ4v) is 9.09. The first kappa shape index (κ1) is 30.6. The summed E-state index contributed by atoms with van der Waals surface area (Å²) in [5.74, 6) is 2.43. The second-order valence-corrected chi connectivity index (χ2v) is 14.6. The van der Waals surface area contributed by atoms with Crippen molar-refractivity contribution in [3.63, 3.8) is 0 Å². The van der Waals surface area contributed by atoms with E-state index in [1.165, 1.54) is 31.4 Å². The molecule has 3 aromatic rings. The number of anilines is 3. The molecule has 0 atom stereocenters. The van der Waals surface area contributed by atoms with Crippen LogP contribution in [0.2, 0.25) is 0 Å². The molecule has 3 fully saturated rings. The van der Waals surface area contributed by atoms with Gasteiger partial charge in [-0.15, -0.1) is 0 Å². The van der Waals surface area contributed by atoms with Crippen molar-refractivity contribution in [1.82, 2.24) is 19.3 Å². The van der Waals surface area contributed by atoms with Gasteiger partial charge < -0.3 is 19.4 Å². The molecule has 4 heterocycles. The summed E-state index contributed by atoms with van der Waals surface area (Å²) < 4.78 is 34.9. The summed E-state index contributed by atoms with van der Waals surface area (Å²) in [6.07, 6.45) is 12.0. The molecular formula is C33H45N7O3S. The molecule has 3 aliphatic rings. The predicted molar refractivity (Wildman–Crippen MR) is 174 cm³/mol. The van der Waals surface area contributed by atoms with Gasteiger partial charge in [-0.1, -0.05) is 0 Å². The Labute approximate surface area is 262 Å². The number of aromatic nitrogens is 3. The van der Waals surface area contributed by atoms with E-state index in [4.69, 9.17) is 4.74 Å². The second-order valence-electron chi connectivity index (χ2n) is 12.8. The average molecular weight is 620 g/mol. The highest BCUT2D eigenvalue weighted by molar-refractivity contribution is 7.89. The molecule has 1 saturated carbocycles. The highest BCUT2D eigenvalue weighted by Gasteiger charge is 2.40. The summed E-state index contributed by atoms with van der Waals surface area (Å²) in [5.41, 5.74) is 3.10. The van der Waals surface area contributed by atoms with Crippen LogP contribution in [0.25, 0.3) is 0 Å². The molecule has 0 N–H and O–H groups in total. The Bertz CT molecular complexity index is 1520. The van der Waals surface area contributed by atoms with Crippen molar-refractivity contribution in [3.05, 3.63) is 60.2 Å². The summed E-state index contributed by atoms with van der Waals surface area (Å²) in [4.78, 5) is 20.7. The van der Waals surface area contributed by atoms with Crippen molar-refractivity contribution in [2.24, 2.45) is 5.41 Å². The lowest BCUT2D eigenvalue weighted by Gasteiger charge is -2.47. The van der Waals surface area contributed by atoms with Gasteiger partial charge in [0.2, 0.25) is 10.0 Å². The van der Waals surface area contributed by atoms with Crippen molar-refractivity contribution in [2.45, 2.75) is 63.3 Å². The SMILES string of the molecule is COc1cc(C)c(S(=O)(=O)N(CCN(C)c2cc(N3CCC4(CCN(c5ccncc5)CC4)CC3)ncn2)C2CC2)c(C)c1. The van der Waals surface area contributed by atoms with Gasteiger partial charge in [0.25, 0.3) is 0 Å². The molecule has 0 bridgehead atoms. The van der Waals surface area contributed by atoms with E-state index in [9.17, 15) is 8.42 Å². The number of likely N-dealkylation sites (N-methyl/N-ethyl adjacent to an activating group) is 1. The molecule has 11 heteroatoms. The number of hydrogen-bond acceptors (Lipinski definition) is 9. The van der Waals surface area contributed by atoms with E-state index in [1.807, 2.05) is 38.2 Å². The third-order valence-corrected chi connectivity index (χ3v) is 12.1. The van der Waals surface area contributed by atoms with E-state index in [2.05, 4.69) is 43.0 Å². The molecule has 10 nitrogen and oxygen atoms in total. The van der Waals surface area contributed by atoms with Crippen molar-refractivity contribution in [2.75, 3.05) is 68.1 Å². The van der Waals surface area contributed by atoms with Crippen LogP contribution >= 0.6 is 0 Å². The van der Waals surface area contributed by atoms with E-state index in [0.29, 0.717) is 40.3 Å². The molecule has 2 saturated heterocycles. The Morgan fingerprint density at radius 2 is 1.52 bits per heavy atom. The number of hydrogen-bond donors (Lipinski definition) is 0. The first-order valence-corrected chi connectivity index (χ1v) is 17.2. The number of sulfonamides is 1. The van der Waals surface area contributed by atoms with Crippen LogP contribution in [0.3, 0.4) is 0 Å². The third kappa shape index (κ3) is 6.35. The van der Waals surface area contributed by atoms with Crippen molar-refractivity contribution in [3.8, 4) is 5.75 Å². The quantitative estimate of drug-likeness (QED) is 0.321. The third-order valence-electron chi connectivity index (χ3n) is 9.88. The van der Waals surface area contributed by atoms with Gasteiger partial charge in [-0.2, -0.15) is 4.31 Å². The van der Waals surface area contributed by atoms with Gasteiger partial charge in [0.15, 0.2) is 0 Å². The summed E-state index contributed by atoms with van der Waals surface area (Å²) in [5, 5.41) is 0. The maximum Gasteiger partial charge on any atom is 0.243 e. The Balaban J connectivity index is 1.07. The van der Waals surface area contributed by atoms with Crippen molar-refractivity contribution >= 4 is 27.3 Å². The predicted octanol–water partition coefficient (Wildman–Crippen LogP) is 4.67. The summed E-state index contributed by atoms with van der Waals surface area (Å²) >= 11 is 0. The highest BCUT2D eigenvalue weighted by Crippen LogP contribution is 2.43. The monoisotopic (exact) mass is 619 g/mol. The lowest BCUT2D eigenvalue weighted by molar-refractivity contribution is 0.166. The maximum absolute atomic E-state index is 13.9. The van der Waals surface area contributed by atoms with Gasteiger partial charge in [-0.25, -0.2) is 18.4 Å².